The van der Waals surface area contributed by atoms with Crippen molar-refractivity contribution >= 4 is 28.5 Å². The number of ether oxygens (including phenoxy) is 1. The summed E-state index contributed by atoms with van der Waals surface area (Å²) in [4.78, 5) is 29.6. The lowest BCUT2D eigenvalue weighted by Gasteiger charge is -2.10. The summed E-state index contributed by atoms with van der Waals surface area (Å²) in [7, 11) is 0. The van der Waals surface area contributed by atoms with Crippen LogP contribution in [0.5, 0.6) is 0 Å². The molecule has 1 amide bonds. The second-order valence-corrected chi connectivity index (χ2v) is 7.45. The van der Waals surface area contributed by atoms with Crippen LogP contribution >= 0.6 is 0 Å². The van der Waals surface area contributed by atoms with E-state index in [2.05, 4.69) is 24.1 Å². The minimum absolute atomic E-state index is 0.325. The number of esters is 1. The number of fused-ring (bicyclic) bond motifs is 1. The highest BCUT2D eigenvalue weighted by Gasteiger charge is 2.17. The van der Waals surface area contributed by atoms with Crippen LogP contribution in [0.25, 0.3) is 22.4 Å². The number of nitrogens with zero attached hydrogens (tertiary/aromatic N) is 1. The first-order valence-corrected chi connectivity index (χ1v) is 10.0. The molecule has 31 heavy (non-hydrogen) atoms. The molecule has 0 aliphatic rings. The van der Waals surface area contributed by atoms with E-state index in [1.165, 1.54) is 5.56 Å². The van der Waals surface area contributed by atoms with Gasteiger partial charge in [0, 0.05) is 11.1 Å². The number of rotatable bonds is 6. The molecule has 0 radical (unpaired) electrons. The zero-order valence-corrected chi connectivity index (χ0v) is 17.3. The van der Waals surface area contributed by atoms with Gasteiger partial charge in [0.2, 0.25) is 0 Å². The molecule has 6 nitrogen and oxygen atoms in total. The second kappa shape index (κ2) is 8.83. The Balaban J connectivity index is 1.48. The van der Waals surface area contributed by atoms with Gasteiger partial charge >= 0.3 is 5.97 Å². The summed E-state index contributed by atoms with van der Waals surface area (Å²) in [5.41, 5.74) is 3.32. The molecule has 2 aromatic carbocycles. The van der Waals surface area contributed by atoms with Gasteiger partial charge in [-0.05, 0) is 47.9 Å². The predicted octanol–water partition coefficient (Wildman–Crippen LogP) is 5.41. The molecule has 0 spiro atoms. The van der Waals surface area contributed by atoms with Crippen LogP contribution in [0.3, 0.4) is 0 Å². The number of benzene rings is 2. The standard InChI is InChI=1S/C25H22N2O4/c1-16(2)17-9-11-18(12-10-17)26-24(28)15-31-25(29)20-14-22(23-8-5-13-30-23)27-21-7-4-3-6-19(20)21/h3-14,16H,15H2,1-2H3,(H,26,28). The van der Waals surface area contributed by atoms with Crippen molar-refractivity contribution < 1.29 is 18.7 Å². The molecule has 4 aromatic rings. The maximum Gasteiger partial charge on any atom is 0.339 e. The summed E-state index contributed by atoms with van der Waals surface area (Å²) in [6.45, 7) is 3.82. The third-order valence-electron chi connectivity index (χ3n) is 4.91. The zero-order chi connectivity index (χ0) is 21.8. The summed E-state index contributed by atoms with van der Waals surface area (Å²) >= 11 is 0. The van der Waals surface area contributed by atoms with Crippen molar-refractivity contribution in [3.8, 4) is 11.5 Å². The molecule has 6 heteroatoms. The molecular formula is C25H22N2O4. The maximum absolute atomic E-state index is 12.8. The van der Waals surface area contributed by atoms with Crippen molar-refractivity contribution in [2.45, 2.75) is 19.8 Å². The molecule has 0 saturated heterocycles. The molecule has 0 bridgehead atoms. The fourth-order valence-electron chi connectivity index (χ4n) is 3.25. The lowest BCUT2D eigenvalue weighted by Crippen LogP contribution is -2.21. The molecule has 0 atom stereocenters. The summed E-state index contributed by atoms with van der Waals surface area (Å²) in [5, 5.41) is 3.39. The molecule has 4 rings (SSSR count). The van der Waals surface area contributed by atoms with Crippen molar-refractivity contribution in [1.29, 1.82) is 0 Å². The number of nitrogens with one attached hydrogen (secondary N) is 1. The van der Waals surface area contributed by atoms with Gasteiger partial charge in [0.05, 0.1) is 17.3 Å². The largest absolute Gasteiger partial charge is 0.463 e. The average molecular weight is 414 g/mol. The van der Waals surface area contributed by atoms with E-state index >= 15 is 0 Å². The molecule has 2 aromatic heterocycles. The molecular weight excluding hydrogens is 392 g/mol. The van der Waals surface area contributed by atoms with E-state index in [9.17, 15) is 9.59 Å². The van der Waals surface area contributed by atoms with E-state index < -0.39 is 18.5 Å². The summed E-state index contributed by atoms with van der Waals surface area (Å²) < 4.78 is 10.7. The predicted molar refractivity (Wildman–Crippen MR) is 119 cm³/mol. The molecule has 156 valence electrons. The van der Waals surface area contributed by atoms with Gasteiger partial charge in [-0.15, -0.1) is 0 Å². The fraction of sp³-hybridized carbons (Fsp3) is 0.160. The topological polar surface area (TPSA) is 81.4 Å². The molecule has 0 aliphatic carbocycles. The van der Waals surface area contributed by atoms with E-state index in [1.807, 2.05) is 42.5 Å². The Morgan fingerprint density at radius 3 is 2.52 bits per heavy atom. The van der Waals surface area contributed by atoms with E-state index in [4.69, 9.17) is 9.15 Å². The maximum atomic E-state index is 12.8. The average Bonchev–Trinajstić information content (AvgIpc) is 3.32. The Labute approximate surface area is 179 Å². The lowest BCUT2D eigenvalue weighted by molar-refractivity contribution is -0.119. The number of amides is 1. The Kier molecular flexibility index (Phi) is 5.80. The lowest BCUT2D eigenvalue weighted by atomic mass is 10.0. The van der Waals surface area contributed by atoms with E-state index in [0.717, 1.165) is 0 Å². The van der Waals surface area contributed by atoms with E-state index in [1.54, 1.807) is 30.5 Å². The highest BCUT2D eigenvalue weighted by atomic mass is 16.5. The van der Waals surface area contributed by atoms with Crippen molar-refractivity contribution in [1.82, 2.24) is 4.98 Å². The van der Waals surface area contributed by atoms with Crippen LogP contribution in [-0.2, 0) is 9.53 Å². The van der Waals surface area contributed by atoms with Crippen LogP contribution in [0.1, 0.15) is 35.7 Å². The number of hydrogen-bond acceptors (Lipinski definition) is 5. The van der Waals surface area contributed by atoms with Gasteiger partial charge in [-0.2, -0.15) is 0 Å². The number of pyridine rings is 1. The zero-order valence-electron chi connectivity index (χ0n) is 17.3. The number of anilines is 1. The van der Waals surface area contributed by atoms with Gasteiger partial charge in [0.1, 0.15) is 5.69 Å². The van der Waals surface area contributed by atoms with Crippen LogP contribution in [0.4, 0.5) is 5.69 Å². The van der Waals surface area contributed by atoms with Crippen LogP contribution in [0.2, 0.25) is 0 Å². The van der Waals surface area contributed by atoms with Gasteiger partial charge in [-0.25, -0.2) is 9.78 Å². The summed E-state index contributed by atoms with van der Waals surface area (Å²) in [6, 6.07) is 20.0. The summed E-state index contributed by atoms with van der Waals surface area (Å²) in [6.07, 6.45) is 1.54. The molecule has 0 aliphatic heterocycles. The Hall–Kier alpha value is -3.93. The minimum Gasteiger partial charge on any atom is -0.463 e. The molecule has 0 unspecified atom stereocenters. The van der Waals surface area contributed by atoms with Crippen molar-refractivity contribution in [2.24, 2.45) is 0 Å². The molecule has 2 heterocycles. The highest BCUT2D eigenvalue weighted by Crippen LogP contribution is 2.25. The number of furan rings is 1. The third-order valence-corrected chi connectivity index (χ3v) is 4.91. The van der Waals surface area contributed by atoms with E-state index in [0.29, 0.717) is 39.5 Å². The van der Waals surface area contributed by atoms with Crippen molar-refractivity contribution in [3.05, 3.63) is 84.1 Å². The number of para-hydroxylation sites is 1. The van der Waals surface area contributed by atoms with Crippen LogP contribution < -0.4 is 5.32 Å². The number of aromatic nitrogens is 1. The molecule has 0 saturated carbocycles. The summed E-state index contributed by atoms with van der Waals surface area (Å²) in [5.74, 6) is -0.0543. The Morgan fingerprint density at radius 2 is 1.81 bits per heavy atom. The Morgan fingerprint density at radius 1 is 1.03 bits per heavy atom. The number of carbonyl (C=O) groups excluding carboxylic acids is 2. The minimum atomic E-state index is -0.600. The first-order valence-electron chi connectivity index (χ1n) is 10.0. The van der Waals surface area contributed by atoms with E-state index in [-0.39, 0.29) is 0 Å². The van der Waals surface area contributed by atoms with Gasteiger partial charge in [-0.1, -0.05) is 44.2 Å². The number of carbonyl (C=O) groups is 2. The Bertz CT molecular complexity index is 1210. The van der Waals surface area contributed by atoms with Gasteiger partial charge in [0.25, 0.3) is 5.91 Å². The van der Waals surface area contributed by atoms with Gasteiger partial charge in [0.15, 0.2) is 12.4 Å². The molecule has 1 N–H and O–H groups in total. The fourth-order valence-corrected chi connectivity index (χ4v) is 3.25. The van der Waals surface area contributed by atoms with Crippen LogP contribution in [-0.4, -0.2) is 23.5 Å². The van der Waals surface area contributed by atoms with Crippen molar-refractivity contribution in [2.75, 3.05) is 11.9 Å². The smallest absolute Gasteiger partial charge is 0.339 e. The van der Waals surface area contributed by atoms with Gasteiger partial charge < -0.3 is 14.5 Å². The van der Waals surface area contributed by atoms with Crippen LogP contribution in [0.15, 0.2) is 77.4 Å². The SMILES string of the molecule is CC(C)c1ccc(NC(=O)COC(=O)c2cc(-c3ccco3)nc3ccccc23)cc1. The third kappa shape index (κ3) is 4.64. The number of hydrogen-bond donors (Lipinski definition) is 1. The normalized spacial score (nSPS) is 10.9. The van der Waals surface area contributed by atoms with Crippen LogP contribution in [0, 0.1) is 0 Å². The highest BCUT2D eigenvalue weighted by molar-refractivity contribution is 6.05. The van der Waals surface area contributed by atoms with Crippen molar-refractivity contribution in [3.63, 3.8) is 0 Å². The quantitative estimate of drug-likeness (QED) is 0.427. The monoisotopic (exact) mass is 414 g/mol. The first-order chi connectivity index (χ1) is 15.0. The molecule has 0 fully saturated rings. The van der Waals surface area contributed by atoms with Gasteiger partial charge in [-0.3, -0.25) is 4.79 Å². The second-order valence-electron chi connectivity index (χ2n) is 7.45. The first kappa shape index (κ1) is 20.3.